The molecule has 0 fully saturated rings. The van der Waals surface area contributed by atoms with Crippen LogP contribution in [-0.2, 0) is 0 Å². The minimum atomic E-state index is -4.95. The minimum Gasteiger partial charge on any atom is -0.403 e. The summed E-state index contributed by atoms with van der Waals surface area (Å²) in [5.74, 6) is -0.836. The largest absolute Gasteiger partial charge is 0.573 e. The minimum absolute atomic E-state index is 0.418. The molecule has 0 radical (unpaired) electrons. The van der Waals surface area contributed by atoms with Crippen LogP contribution in [-0.4, -0.2) is 16.6 Å². The number of carbonyl (C=O) groups is 1. The van der Waals surface area contributed by atoms with E-state index in [-0.39, 0.29) is 0 Å². The van der Waals surface area contributed by atoms with E-state index in [1.807, 2.05) is 0 Å². The molecule has 8 heteroatoms. The summed E-state index contributed by atoms with van der Waals surface area (Å²) < 4.78 is 39.3. The Kier molecular flexibility index (Phi) is 3.04. The number of pyridine rings is 1. The van der Waals surface area contributed by atoms with Crippen molar-refractivity contribution >= 4 is 22.5 Å². The average Bonchev–Trinajstić information content (AvgIpc) is 2.05. The predicted molar refractivity (Wildman–Crippen MR) is 45.5 cm³/mol. The lowest BCUT2D eigenvalue weighted by Gasteiger charge is -2.12. The van der Waals surface area contributed by atoms with Gasteiger partial charge in [-0.25, -0.2) is 0 Å². The molecule has 0 aromatic carbocycles. The van der Waals surface area contributed by atoms with Gasteiger partial charge in [0.15, 0.2) is 5.75 Å². The molecule has 0 bridgehead atoms. The highest BCUT2D eigenvalue weighted by Gasteiger charge is 2.34. The second-order valence-electron chi connectivity index (χ2n) is 2.43. The van der Waals surface area contributed by atoms with Gasteiger partial charge >= 0.3 is 6.36 Å². The molecule has 0 aliphatic carbocycles. The Hall–Kier alpha value is -1.50. The van der Waals surface area contributed by atoms with Gasteiger partial charge in [-0.3, -0.25) is 9.78 Å². The molecular weight excluding hydrogens is 237 g/mol. The SMILES string of the molecule is Nc1cncc(C(=O)Cl)c1OC(F)(F)F. The number of nitrogen functional groups attached to an aromatic ring is 1. The maximum Gasteiger partial charge on any atom is 0.573 e. The fourth-order valence-electron chi connectivity index (χ4n) is 0.835. The number of ether oxygens (including phenoxy) is 1. The Bertz CT molecular complexity index is 394. The van der Waals surface area contributed by atoms with Crippen LogP contribution in [0.5, 0.6) is 5.75 Å². The second-order valence-corrected chi connectivity index (χ2v) is 2.77. The third kappa shape index (κ3) is 2.98. The number of nitrogens with zero attached hydrogens (tertiary/aromatic N) is 1. The van der Waals surface area contributed by atoms with Crippen LogP contribution in [0.2, 0.25) is 0 Å². The fraction of sp³-hybridized carbons (Fsp3) is 0.143. The van der Waals surface area contributed by atoms with Crippen LogP contribution in [0.4, 0.5) is 18.9 Å². The molecule has 1 heterocycles. The van der Waals surface area contributed by atoms with Gasteiger partial charge in [0, 0.05) is 6.20 Å². The average molecular weight is 241 g/mol. The van der Waals surface area contributed by atoms with E-state index in [2.05, 4.69) is 9.72 Å². The maximum absolute atomic E-state index is 11.9. The number of rotatable bonds is 2. The van der Waals surface area contributed by atoms with Crippen molar-refractivity contribution in [3.05, 3.63) is 18.0 Å². The molecule has 1 rings (SSSR count). The zero-order valence-electron chi connectivity index (χ0n) is 7.01. The molecule has 0 atom stereocenters. The first-order valence-electron chi connectivity index (χ1n) is 3.50. The van der Waals surface area contributed by atoms with E-state index in [1.54, 1.807) is 0 Å². The molecule has 1 aromatic rings. The number of hydrogen-bond donors (Lipinski definition) is 1. The van der Waals surface area contributed by atoms with Crippen molar-refractivity contribution in [1.29, 1.82) is 0 Å². The second kappa shape index (κ2) is 3.93. The molecule has 0 saturated heterocycles. The lowest BCUT2D eigenvalue weighted by molar-refractivity contribution is -0.274. The summed E-state index contributed by atoms with van der Waals surface area (Å²) in [6, 6.07) is 0. The van der Waals surface area contributed by atoms with Crippen LogP contribution < -0.4 is 10.5 Å². The summed E-state index contributed by atoms with van der Waals surface area (Å²) in [7, 11) is 0. The highest BCUT2D eigenvalue weighted by atomic mass is 35.5. The van der Waals surface area contributed by atoms with Crippen molar-refractivity contribution in [1.82, 2.24) is 4.98 Å². The third-order valence-electron chi connectivity index (χ3n) is 1.35. The monoisotopic (exact) mass is 240 g/mol. The zero-order valence-corrected chi connectivity index (χ0v) is 7.76. The quantitative estimate of drug-likeness (QED) is 0.803. The Labute approximate surface area is 86.8 Å². The van der Waals surface area contributed by atoms with Crippen LogP contribution in [0.3, 0.4) is 0 Å². The fourth-order valence-corrected chi connectivity index (χ4v) is 0.969. The first-order valence-corrected chi connectivity index (χ1v) is 3.88. The van der Waals surface area contributed by atoms with Crippen molar-refractivity contribution in [2.45, 2.75) is 6.36 Å². The van der Waals surface area contributed by atoms with Crippen LogP contribution in [0.15, 0.2) is 12.4 Å². The van der Waals surface area contributed by atoms with Crippen molar-refractivity contribution in [3.63, 3.8) is 0 Å². The molecule has 0 spiro atoms. The van der Waals surface area contributed by atoms with Crippen LogP contribution >= 0.6 is 11.6 Å². The van der Waals surface area contributed by atoms with Gasteiger partial charge in [0.1, 0.15) is 0 Å². The number of halogens is 4. The van der Waals surface area contributed by atoms with Crippen LogP contribution in [0.25, 0.3) is 0 Å². The molecule has 1 aromatic heterocycles. The predicted octanol–water partition coefficient (Wildman–Crippen LogP) is 1.94. The number of nitrogens with two attached hydrogens (primary N) is 1. The summed E-state index contributed by atoms with van der Waals surface area (Å²) >= 11 is 5.03. The summed E-state index contributed by atoms with van der Waals surface area (Å²) in [6.45, 7) is 0. The number of anilines is 1. The van der Waals surface area contributed by atoms with E-state index < -0.39 is 28.6 Å². The first kappa shape index (κ1) is 11.6. The van der Waals surface area contributed by atoms with E-state index in [4.69, 9.17) is 17.3 Å². The molecule has 4 nitrogen and oxygen atoms in total. The smallest absolute Gasteiger partial charge is 0.403 e. The Morgan fingerprint density at radius 2 is 2.07 bits per heavy atom. The highest BCUT2D eigenvalue weighted by molar-refractivity contribution is 6.68. The van der Waals surface area contributed by atoms with Gasteiger partial charge in [-0.1, -0.05) is 0 Å². The van der Waals surface area contributed by atoms with E-state index in [1.165, 1.54) is 0 Å². The molecule has 0 aliphatic rings. The highest BCUT2D eigenvalue weighted by Crippen LogP contribution is 2.31. The van der Waals surface area contributed by atoms with Crippen molar-refractivity contribution < 1.29 is 22.7 Å². The summed E-state index contributed by atoms with van der Waals surface area (Å²) in [4.78, 5) is 14.1. The molecule has 0 amide bonds. The van der Waals surface area contributed by atoms with Crippen molar-refractivity contribution in [2.24, 2.45) is 0 Å². The van der Waals surface area contributed by atoms with Crippen LogP contribution in [0.1, 0.15) is 10.4 Å². The normalized spacial score (nSPS) is 11.2. The van der Waals surface area contributed by atoms with Crippen LogP contribution in [0, 0.1) is 0 Å². The Balaban J connectivity index is 3.19. The molecule has 0 saturated carbocycles. The lowest BCUT2D eigenvalue weighted by Crippen LogP contribution is -2.19. The topological polar surface area (TPSA) is 65.2 Å². The van der Waals surface area contributed by atoms with Gasteiger partial charge in [0.25, 0.3) is 5.24 Å². The number of alkyl halides is 3. The zero-order chi connectivity index (χ0) is 11.6. The molecule has 2 N–H and O–H groups in total. The standard InChI is InChI=1S/C7H4ClF3N2O2/c8-6(14)3-1-13-2-4(12)5(3)15-7(9,10)11/h1-2H,12H2. The Morgan fingerprint density at radius 1 is 1.47 bits per heavy atom. The molecular formula is C7H4ClF3N2O2. The van der Waals surface area contributed by atoms with E-state index >= 15 is 0 Å². The van der Waals surface area contributed by atoms with Gasteiger partial charge in [0.05, 0.1) is 17.4 Å². The van der Waals surface area contributed by atoms with Crippen molar-refractivity contribution in [2.75, 3.05) is 5.73 Å². The maximum atomic E-state index is 11.9. The number of aromatic nitrogens is 1. The molecule has 82 valence electrons. The summed E-state index contributed by atoms with van der Waals surface area (Å²) in [5, 5.41) is -1.13. The third-order valence-corrected chi connectivity index (χ3v) is 1.56. The molecule has 0 aliphatic heterocycles. The van der Waals surface area contributed by atoms with Crippen molar-refractivity contribution in [3.8, 4) is 5.75 Å². The Morgan fingerprint density at radius 3 is 2.53 bits per heavy atom. The van der Waals surface area contributed by atoms with Gasteiger partial charge in [-0.15, -0.1) is 13.2 Å². The molecule has 0 unspecified atom stereocenters. The van der Waals surface area contributed by atoms with Gasteiger partial charge < -0.3 is 10.5 Å². The van der Waals surface area contributed by atoms with E-state index in [0.29, 0.717) is 0 Å². The van der Waals surface area contributed by atoms with Gasteiger partial charge in [0.2, 0.25) is 0 Å². The lowest BCUT2D eigenvalue weighted by atomic mass is 10.2. The van der Waals surface area contributed by atoms with E-state index in [0.717, 1.165) is 12.4 Å². The first-order chi connectivity index (χ1) is 6.81. The van der Waals surface area contributed by atoms with E-state index in [9.17, 15) is 18.0 Å². The number of hydrogen-bond acceptors (Lipinski definition) is 4. The van der Waals surface area contributed by atoms with Gasteiger partial charge in [-0.2, -0.15) is 0 Å². The summed E-state index contributed by atoms with van der Waals surface area (Å²) in [5.41, 5.74) is 4.22. The van der Waals surface area contributed by atoms with Gasteiger partial charge in [-0.05, 0) is 11.6 Å². The summed E-state index contributed by atoms with van der Waals surface area (Å²) in [6.07, 6.45) is -3.19. The molecule has 15 heavy (non-hydrogen) atoms. The number of carbonyl (C=O) groups excluding carboxylic acids is 1.